The van der Waals surface area contributed by atoms with Crippen molar-refractivity contribution in [2.45, 2.75) is 26.9 Å². The summed E-state index contributed by atoms with van der Waals surface area (Å²) in [5.74, 6) is 2.37. The van der Waals surface area contributed by atoms with Crippen molar-refractivity contribution in [3.63, 3.8) is 0 Å². The molecule has 0 unspecified atom stereocenters. The summed E-state index contributed by atoms with van der Waals surface area (Å²) in [6, 6.07) is 12.4. The summed E-state index contributed by atoms with van der Waals surface area (Å²) < 4.78 is 10.7. The lowest BCUT2D eigenvalue weighted by Gasteiger charge is -2.14. The fourth-order valence-corrected chi connectivity index (χ4v) is 2.68. The lowest BCUT2D eigenvalue weighted by atomic mass is 10.1. The van der Waals surface area contributed by atoms with Crippen LogP contribution >= 0.6 is 0 Å². The number of fused-ring (bicyclic) bond motifs is 1. The molecule has 0 radical (unpaired) electrons. The van der Waals surface area contributed by atoms with Gasteiger partial charge in [0.1, 0.15) is 0 Å². The average Bonchev–Trinajstić information content (AvgIpc) is 3.04. The van der Waals surface area contributed by atoms with Crippen molar-refractivity contribution in [3.05, 3.63) is 58.7 Å². The van der Waals surface area contributed by atoms with Crippen LogP contribution in [0.5, 0.6) is 11.5 Å². The molecule has 24 heavy (non-hydrogen) atoms. The van der Waals surface area contributed by atoms with Crippen LogP contribution in [-0.2, 0) is 13.1 Å². The Kier molecular flexibility index (Phi) is 4.89. The van der Waals surface area contributed by atoms with Crippen molar-refractivity contribution < 1.29 is 9.47 Å². The number of guanidine groups is 1. The molecule has 0 spiro atoms. The summed E-state index contributed by atoms with van der Waals surface area (Å²) >= 11 is 0. The third-order valence-electron chi connectivity index (χ3n) is 4.06. The first-order valence-electron chi connectivity index (χ1n) is 8.05. The molecule has 0 amide bonds. The molecule has 1 aliphatic rings. The smallest absolute Gasteiger partial charge is 0.231 e. The molecule has 0 aromatic heterocycles. The highest BCUT2D eigenvalue weighted by atomic mass is 16.7. The monoisotopic (exact) mass is 325 g/mol. The van der Waals surface area contributed by atoms with E-state index in [1.165, 1.54) is 16.7 Å². The lowest BCUT2D eigenvalue weighted by Crippen LogP contribution is -2.36. The average molecular weight is 325 g/mol. The van der Waals surface area contributed by atoms with Crippen LogP contribution in [0.15, 0.2) is 41.4 Å². The molecule has 2 aromatic rings. The maximum Gasteiger partial charge on any atom is 0.231 e. The number of hydrogen-bond acceptors (Lipinski definition) is 3. The Balaban J connectivity index is 1.55. The van der Waals surface area contributed by atoms with Crippen molar-refractivity contribution in [3.8, 4) is 11.5 Å². The zero-order valence-corrected chi connectivity index (χ0v) is 14.3. The third-order valence-corrected chi connectivity index (χ3v) is 4.06. The Morgan fingerprint density at radius 2 is 1.79 bits per heavy atom. The lowest BCUT2D eigenvalue weighted by molar-refractivity contribution is 0.174. The molecular formula is C19H23N3O2. The van der Waals surface area contributed by atoms with Gasteiger partial charge in [-0.25, -0.2) is 0 Å². The summed E-state index contributed by atoms with van der Waals surface area (Å²) in [5, 5.41) is 6.67. The number of benzene rings is 2. The van der Waals surface area contributed by atoms with Gasteiger partial charge in [0.2, 0.25) is 6.79 Å². The Morgan fingerprint density at radius 3 is 2.58 bits per heavy atom. The zero-order valence-electron chi connectivity index (χ0n) is 14.3. The SMILES string of the molecule is CN=C(NCc1ccc2c(c1)OCO2)NCc1ccc(C)cc1C. The molecule has 0 aliphatic carbocycles. The van der Waals surface area contributed by atoms with E-state index in [9.17, 15) is 0 Å². The predicted octanol–water partition coefficient (Wildman–Crippen LogP) is 2.90. The highest BCUT2D eigenvalue weighted by Gasteiger charge is 2.13. The molecule has 0 saturated heterocycles. The van der Waals surface area contributed by atoms with Crippen molar-refractivity contribution in [1.82, 2.24) is 10.6 Å². The van der Waals surface area contributed by atoms with Gasteiger partial charge in [0.25, 0.3) is 0 Å². The van der Waals surface area contributed by atoms with Gasteiger partial charge in [-0.15, -0.1) is 0 Å². The Labute approximate surface area is 142 Å². The summed E-state index contributed by atoms with van der Waals surface area (Å²) in [5.41, 5.74) is 4.95. The number of nitrogens with zero attached hydrogens (tertiary/aromatic N) is 1. The van der Waals surface area contributed by atoms with Crippen molar-refractivity contribution in [2.24, 2.45) is 4.99 Å². The Morgan fingerprint density at radius 1 is 1.00 bits per heavy atom. The summed E-state index contributed by atoms with van der Waals surface area (Å²) in [6.45, 7) is 5.95. The molecule has 0 atom stereocenters. The van der Waals surface area contributed by atoms with Crippen LogP contribution in [0.25, 0.3) is 0 Å². The van der Waals surface area contributed by atoms with Crippen LogP contribution in [0.4, 0.5) is 0 Å². The molecule has 0 saturated carbocycles. The van der Waals surface area contributed by atoms with E-state index in [1.54, 1.807) is 7.05 Å². The summed E-state index contributed by atoms with van der Waals surface area (Å²) in [4.78, 5) is 4.28. The zero-order chi connectivity index (χ0) is 16.9. The van der Waals surface area contributed by atoms with E-state index in [0.717, 1.165) is 29.6 Å². The van der Waals surface area contributed by atoms with Gasteiger partial charge in [-0.2, -0.15) is 0 Å². The predicted molar refractivity (Wildman–Crippen MR) is 95.5 cm³/mol. The van der Waals surface area contributed by atoms with E-state index in [2.05, 4.69) is 47.7 Å². The molecule has 5 nitrogen and oxygen atoms in total. The normalized spacial score (nSPS) is 13.0. The van der Waals surface area contributed by atoms with Crippen LogP contribution in [0.1, 0.15) is 22.3 Å². The van der Waals surface area contributed by atoms with Crippen LogP contribution in [0, 0.1) is 13.8 Å². The second kappa shape index (κ2) is 7.25. The number of nitrogens with one attached hydrogen (secondary N) is 2. The molecular weight excluding hydrogens is 302 g/mol. The number of aliphatic imine (C=N–C) groups is 1. The Bertz CT molecular complexity index is 756. The van der Waals surface area contributed by atoms with E-state index in [4.69, 9.17) is 9.47 Å². The van der Waals surface area contributed by atoms with Crippen molar-refractivity contribution >= 4 is 5.96 Å². The Hall–Kier alpha value is -2.69. The molecule has 2 N–H and O–H groups in total. The maximum atomic E-state index is 5.40. The van der Waals surface area contributed by atoms with Crippen LogP contribution in [0.3, 0.4) is 0 Å². The number of rotatable bonds is 4. The van der Waals surface area contributed by atoms with Gasteiger partial charge in [-0.3, -0.25) is 4.99 Å². The topological polar surface area (TPSA) is 54.9 Å². The largest absolute Gasteiger partial charge is 0.454 e. The van der Waals surface area contributed by atoms with Crippen molar-refractivity contribution in [1.29, 1.82) is 0 Å². The van der Waals surface area contributed by atoms with E-state index in [0.29, 0.717) is 13.3 Å². The van der Waals surface area contributed by atoms with Crippen molar-refractivity contribution in [2.75, 3.05) is 13.8 Å². The summed E-state index contributed by atoms with van der Waals surface area (Å²) in [7, 11) is 1.77. The summed E-state index contributed by atoms with van der Waals surface area (Å²) in [6.07, 6.45) is 0. The first kappa shape index (κ1) is 16.2. The second-order valence-corrected chi connectivity index (χ2v) is 5.90. The van der Waals surface area contributed by atoms with Gasteiger partial charge < -0.3 is 20.1 Å². The van der Waals surface area contributed by atoms with Gasteiger partial charge in [-0.05, 0) is 42.7 Å². The highest BCUT2D eigenvalue weighted by molar-refractivity contribution is 5.79. The minimum atomic E-state index is 0.297. The molecule has 1 heterocycles. The first-order valence-corrected chi connectivity index (χ1v) is 8.05. The van der Waals surface area contributed by atoms with Crippen LogP contribution < -0.4 is 20.1 Å². The van der Waals surface area contributed by atoms with Gasteiger partial charge in [0, 0.05) is 20.1 Å². The standard InChI is InChI=1S/C19H23N3O2/c1-13-4-6-16(14(2)8-13)11-22-19(20-3)21-10-15-5-7-17-18(9-15)24-12-23-17/h4-9H,10-12H2,1-3H3,(H2,20,21,22). The van der Waals surface area contributed by atoms with E-state index < -0.39 is 0 Å². The van der Waals surface area contributed by atoms with Gasteiger partial charge in [0.05, 0.1) is 0 Å². The number of hydrogen-bond donors (Lipinski definition) is 2. The molecule has 5 heteroatoms. The van der Waals surface area contributed by atoms with E-state index in [-0.39, 0.29) is 0 Å². The fraction of sp³-hybridized carbons (Fsp3) is 0.316. The van der Waals surface area contributed by atoms with E-state index in [1.807, 2.05) is 18.2 Å². The molecule has 0 bridgehead atoms. The molecule has 3 rings (SSSR count). The number of aryl methyl sites for hydroxylation is 2. The fourth-order valence-electron chi connectivity index (χ4n) is 2.68. The van der Waals surface area contributed by atoms with Crippen LogP contribution in [0.2, 0.25) is 0 Å². The minimum Gasteiger partial charge on any atom is -0.454 e. The molecule has 126 valence electrons. The quantitative estimate of drug-likeness (QED) is 0.670. The first-order chi connectivity index (χ1) is 11.7. The van der Waals surface area contributed by atoms with Gasteiger partial charge in [0.15, 0.2) is 17.5 Å². The van der Waals surface area contributed by atoms with E-state index >= 15 is 0 Å². The van der Waals surface area contributed by atoms with Crippen LogP contribution in [-0.4, -0.2) is 19.8 Å². The minimum absolute atomic E-state index is 0.297. The third kappa shape index (κ3) is 3.79. The molecule has 0 fully saturated rings. The second-order valence-electron chi connectivity index (χ2n) is 5.90. The number of ether oxygens (including phenoxy) is 2. The van der Waals surface area contributed by atoms with Gasteiger partial charge >= 0.3 is 0 Å². The van der Waals surface area contributed by atoms with Gasteiger partial charge in [-0.1, -0.05) is 29.8 Å². The maximum absolute atomic E-state index is 5.40. The molecule has 2 aromatic carbocycles. The molecule has 1 aliphatic heterocycles. The highest BCUT2D eigenvalue weighted by Crippen LogP contribution is 2.32.